The first-order valence-corrected chi connectivity index (χ1v) is 5.03. The molecule has 1 radical (unpaired) electrons. The van der Waals surface area contributed by atoms with Gasteiger partial charge in [-0.05, 0) is 37.3 Å². The van der Waals surface area contributed by atoms with Crippen molar-refractivity contribution in [1.82, 2.24) is 5.32 Å². The van der Waals surface area contributed by atoms with Crippen molar-refractivity contribution in [2.45, 2.75) is 19.3 Å². The summed E-state index contributed by atoms with van der Waals surface area (Å²) in [6.45, 7) is 2.31. The predicted octanol–water partition coefficient (Wildman–Crippen LogP) is 2.19. The van der Waals surface area contributed by atoms with E-state index >= 15 is 0 Å². The van der Waals surface area contributed by atoms with Crippen LogP contribution in [0.3, 0.4) is 0 Å². The zero-order valence-electron chi connectivity index (χ0n) is 7.92. The summed E-state index contributed by atoms with van der Waals surface area (Å²) in [4.78, 5) is 0. The zero-order valence-corrected chi connectivity index (χ0v) is 7.92. The quantitative estimate of drug-likeness (QED) is 0.724. The van der Waals surface area contributed by atoms with Crippen molar-refractivity contribution < 1.29 is 0 Å². The molecule has 13 heavy (non-hydrogen) atoms. The molecule has 1 N–H and O–H groups in total. The molecule has 1 saturated heterocycles. The molecule has 0 unspecified atom stereocenters. The van der Waals surface area contributed by atoms with Gasteiger partial charge in [0.05, 0.1) is 0 Å². The SMILES string of the molecule is c1ccc(C[C]2CCCNC2)cc1. The summed E-state index contributed by atoms with van der Waals surface area (Å²) in [5, 5.41) is 3.42. The summed E-state index contributed by atoms with van der Waals surface area (Å²) in [5.41, 5.74) is 1.45. The minimum Gasteiger partial charge on any atom is -0.316 e. The van der Waals surface area contributed by atoms with E-state index in [4.69, 9.17) is 0 Å². The van der Waals surface area contributed by atoms with Gasteiger partial charge in [-0.15, -0.1) is 0 Å². The van der Waals surface area contributed by atoms with E-state index in [1.54, 1.807) is 5.92 Å². The van der Waals surface area contributed by atoms with Gasteiger partial charge in [-0.25, -0.2) is 0 Å². The lowest BCUT2D eigenvalue weighted by Gasteiger charge is -2.21. The Kier molecular flexibility index (Phi) is 2.98. The van der Waals surface area contributed by atoms with Crippen LogP contribution < -0.4 is 5.32 Å². The number of hydrogen-bond acceptors (Lipinski definition) is 1. The first kappa shape index (κ1) is 8.76. The highest BCUT2D eigenvalue weighted by atomic mass is 14.9. The van der Waals surface area contributed by atoms with Crippen molar-refractivity contribution in [3.63, 3.8) is 0 Å². The second kappa shape index (κ2) is 4.43. The van der Waals surface area contributed by atoms with E-state index in [9.17, 15) is 0 Å². The Morgan fingerprint density at radius 3 is 2.69 bits per heavy atom. The standard InChI is InChI=1S/C12H16N/c1-2-5-11(6-3-1)9-12-7-4-8-13-10-12/h1-3,5-6,13H,4,7-10H2. The van der Waals surface area contributed by atoms with Crippen LogP contribution in [0.15, 0.2) is 30.3 Å². The Morgan fingerprint density at radius 1 is 1.15 bits per heavy atom. The molecule has 0 aliphatic carbocycles. The van der Waals surface area contributed by atoms with Gasteiger partial charge in [0.2, 0.25) is 0 Å². The first-order chi connectivity index (χ1) is 6.45. The molecule has 1 nitrogen and oxygen atoms in total. The summed E-state index contributed by atoms with van der Waals surface area (Å²) in [6.07, 6.45) is 3.78. The summed E-state index contributed by atoms with van der Waals surface area (Å²) in [7, 11) is 0. The normalized spacial score (nSPS) is 18.8. The zero-order chi connectivity index (χ0) is 8.93. The molecular formula is C12H16N. The number of hydrogen-bond donors (Lipinski definition) is 1. The molecule has 1 aromatic rings. The van der Waals surface area contributed by atoms with E-state index in [0.717, 1.165) is 13.0 Å². The molecule has 0 atom stereocenters. The number of benzene rings is 1. The summed E-state index contributed by atoms with van der Waals surface area (Å²) >= 11 is 0. The lowest BCUT2D eigenvalue weighted by atomic mass is 9.92. The van der Waals surface area contributed by atoms with Gasteiger partial charge in [0.1, 0.15) is 0 Å². The molecule has 1 aliphatic rings. The van der Waals surface area contributed by atoms with Crippen molar-refractivity contribution in [2.75, 3.05) is 13.1 Å². The monoisotopic (exact) mass is 174 g/mol. The third-order valence-corrected chi connectivity index (χ3v) is 2.56. The molecule has 1 aromatic carbocycles. The van der Waals surface area contributed by atoms with Crippen LogP contribution in [0.1, 0.15) is 18.4 Å². The van der Waals surface area contributed by atoms with Crippen LogP contribution in [-0.2, 0) is 6.42 Å². The second-order valence-electron chi connectivity index (χ2n) is 3.69. The van der Waals surface area contributed by atoms with Gasteiger partial charge in [-0.1, -0.05) is 30.3 Å². The highest BCUT2D eigenvalue weighted by Gasteiger charge is 2.13. The van der Waals surface area contributed by atoms with Crippen LogP contribution in [-0.4, -0.2) is 13.1 Å². The van der Waals surface area contributed by atoms with Crippen LogP contribution in [0.2, 0.25) is 0 Å². The van der Waals surface area contributed by atoms with E-state index in [1.165, 1.54) is 24.9 Å². The topological polar surface area (TPSA) is 12.0 Å². The third-order valence-electron chi connectivity index (χ3n) is 2.56. The number of nitrogens with one attached hydrogen (secondary N) is 1. The van der Waals surface area contributed by atoms with Gasteiger partial charge in [0.15, 0.2) is 0 Å². The van der Waals surface area contributed by atoms with Gasteiger partial charge in [0, 0.05) is 6.54 Å². The molecule has 69 valence electrons. The molecule has 0 aromatic heterocycles. The van der Waals surface area contributed by atoms with Gasteiger partial charge in [-0.3, -0.25) is 0 Å². The molecule has 0 amide bonds. The van der Waals surface area contributed by atoms with Crippen molar-refractivity contribution in [1.29, 1.82) is 0 Å². The molecule has 2 rings (SSSR count). The fraction of sp³-hybridized carbons (Fsp3) is 0.417. The van der Waals surface area contributed by atoms with E-state index in [1.807, 2.05) is 0 Å². The van der Waals surface area contributed by atoms with Crippen LogP contribution in [0.4, 0.5) is 0 Å². The number of rotatable bonds is 2. The number of piperidine rings is 1. The summed E-state index contributed by atoms with van der Waals surface area (Å²) in [6, 6.07) is 10.7. The molecule has 1 aliphatic heterocycles. The molecule has 0 bridgehead atoms. The van der Waals surface area contributed by atoms with Crippen molar-refractivity contribution in [2.24, 2.45) is 0 Å². The van der Waals surface area contributed by atoms with Crippen LogP contribution in [0.25, 0.3) is 0 Å². The van der Waals surface area contributed by atoms with Crippen molar-refractivity contribution >= 4 is 0 Å². The predicted molar refractivity (Wildman–Crippen MR) is 55.5 cm³/mol. The summed E-state index contributed by atoms with van der Waals surface area (Å²) in [5.74, 6) is 1.65. The lowest BCUT2D eigenvalue weighted by Crippen LogP contribution is -2.29. The maximum absolute atomic E-state index is 3.42. The Bertz CT molecular complexity index is 237. The van der Waals surface area contributed by atoms with Gasteiger partial charge >= 0.3 is 0 Å². The minimum atomic E-state index is 1.12. The Balaban J connectivity index is 1.90. The Labute approximate surface area is 80.2 Å². The largest absolute Gasteiger partial charge is 0.316 e. The van der Waals surface area contributed by atoms with E-state index < -0.39 is 0 Å². The second-order valence-corrected chi connectivity index (χ2v) is 3.69. The average Bonchev–Trinajstić information content (AvgIpc) is 2.21. The fourth-order valence-corrected chi connectivity index (χ4v) is 1.85. The van der Waals surface area contributed by atoms with Gasteiger partial charge < -0.3 is 5.32 Å². The van der Waals surface area contributed by atoms with Crippen molar-refractivity contribution in [3.05, 3.63) is 41.8 Å². The van der Waals surface area contributed by atoms with E-state index in [-0.39, 0.29) is 0 Å². The molecule has 1 fully saturated rings. The van der Waals surface area contributed by atoms with Crippen LogP contribution in [0, 0.1) is 5.92 Å². The molecule has 0 saturated carbocycles. The average molecular weight is 174 g/mol. The smallest absolute Gasteiger partial charge is 0.00169 e. The van der Waals surface area contributed by atoms with Crippen LogP contribution >= 0.6 is 0 Å². The maximum Gasteiger partial charge on any atom is 0.00169 e. The molecule has 1 heteroatoms. The highest BCUT2D eigenvalue weighted by Crippen LogP contribution is 2.17. The third kappa shape index (κ3) is 2.56. The van der Waals surface area contributed by atoms with E-state index in [0.29, 0.717) is 0 Å². The first-order valence-electron chi connectivity index (χ1n) is 5.03. The Morgan fingerprint density at radius 2 is 2.00 bits per heavy atom. The van der Waals surface area contributed by atoms with Gasteiger partial charge in [-0.2, -0.15) is 0 Å². The summed E-state index contributed by atoms with van der Waals surface area (Å²) < 4.78 is 0. The van der Waals surface area contributed by atoms with Crippen LogP contribution in [0.5, 0.6) is 0 Å². The maximum atomic E-state index is 3.42. The highest BCUT2D eigenvalue weighted by molar-refractivity contribution is 5.19. The fourth-order valence-electron chi connectivity index (χ4n) is 1.85. The lowest BCUT2D eigenvalue weighted by molar-refractivity contribution is 0.534. The molecular weight excluding hydrogens is 158 g/mol. The molecule has 0 spiro atoms. The van der Waals surface area contributed by atoms with Crippen molar-refractivity contribution in [3.8, 4) is 0 Å². The minimum absolute atomic E-state index is 1.12. The Hall–Kier alpha value is -0.820. The van der Waals surface area contributed by atoms with E-state index in [2.05, 4.69) is 35.6 Å². The molecule has 1 heterocycles. The van der Waals surface area contributed by atoms with Gasteiger partial charge in [0.25, 0.3) is 0 Å².